The number of hydrazone groups is 1. The van der Waals surface area contributed by atoms with Crippen LogP contribution in [-0.2, 0) is 35.1 Å². The molecule has 0 radical (unpaired) electrons. The van der Waals surface area contributed by atoms with Gasteiger partial charge in [-0.05, 0) is 48.6 Å². The van der Waals surface area contributed by atoms with Gasteiger partial charge in [-0.3, -0.25) is 9.36 Å². The number of carbonyl (C=O) groups is 3. The van der Waals surface area contributed by atoms with Crippen LogP contribution in [0.3, 0.4) is 0 Å². The highest BCUT2D eigenvalue weighted by Crippen LogP contribution is 2.29. The number of aromatic nitrogens is 2. The van der Waals surface area contributed by atoms with Gasteiger partial charge in [0.15, 0.2) is 12.6 Å². The number of hydrazine groups is 1. The highest BCUT2D eigenvalue weighted by Gasteiger charge is 2.22. The summed E-state index contributed by atoms with van der Waals surface area (Å²) in [5, 5.41) is 14.2. The number of carbonyl (C=O) groups excluding carboxylic acids is 3. The molecule has 0 aliphatic rings. The molecule has 4 aromatic rings. The lowest BCUT2D eigenvalue weighted by Gasteiger charge is -2.16. The van der Waals surface area contributed by atoms with Crippen molar-refractivity contribution >= 4 is 35.5 Å². The molecule has 0 aliphatic heterocycles. The molecule has 270 valence electrons. The fourth-order valence-corrected chi connectivity index (χ4v) is 4.85. The molecular formula is C33H37N7O11. The highest BCUT2D eigenvalue weighted by atomic mass is 16.9. The average molecular weight is 708 g/mol. The Kier molecular flexibility index (Phi) is 13.5. The molecule has 0 fully saturated rings. The minimum Gasteiger partial charge on any atom is -0.465 e. The van der Waals surface area contributed by atoms with Gasteiger partial charge < -0.3 is 34.3 Å². The summed E-state index contributed by atoms with van der Waals surface area (Å²) in [5.74, 6) is 5.24. The van der Waals surface area contributed by atoms with Crippen LogP contribution in [0.4, 0.5) is 4.79 Å². The van der Waals surface area contributed by atoms with Crippen LogP contribution in [0.2, 0.25) is 0 Å². The number of hydrogen-bond donors (Lipinski definition) is 2. The normalized spacial score (nSPS) is 11.7. The van der Waals surface area contributed by atoms with Crippen LogP contribution in [0, 0.1) is 10.1 Å². The van der Waals surface area contributed by atoms with Crippen molar-refractivity contribution in [2.75, 3.05) is 26.6 Å². The number of unbranched alkanes of at least 4 members (excludes halogenated alkanes) is 1. The number of hydrogen-bond acceptors (Lipinski definition) is 15. The maximum Gasteiger partial charge on any atom is 0.510 e. The van der Waals surface area contributed by atoms with E-state index in [1.54, 1.807) is 34.9 Å². The van der Waals surface area contributed by atoms with Gasteiger partial charge in [0.05, 0.1) is 43.0 Å². The number of nitrogens with two attached hydrogens (primary N) is 2. The summed E-state index contributed by atoms with van der Waals surface area (Å²) in [5.41, 5.74) is 10.5. The van der Waals surface area contributed by atoms with E-state index >= 15 is 0 Å². The lowest BCUT2D eigenvalue weighted by atomic mass is 9.98. The Bertz CT molecular complexity index is 1850. The predicted octanol–water partition coefficient (Wildman–Crippen LogP) is 3.72. The number of amidine groups is 1. The van der Waals surface area contributed by atoms with Crippen molar-refractivity contribution in [2.24, 2.45) is 16.7 Å². The molecule has 0 amide bonds. The Morgan fingerprint density at radius 2 is 1.76 bits per heavy atom. The number of imidazole rings is 1. The van der Waals surface area contributed by atoms with Crippen molar-refractivity contribution in [3.05, 3.63) is 93.5 Å². The quantitative estimate of drug-likeness (QED) is 0.0163. The third-order valence-electron chi connectivity index (χ3n) is 7.06. The molecule has 0 bridgehead atoms. The van der Waals surface area contributed by atoms with Crippen LogP contribution < -0.4 is 16.3 Å². The van der Waals surface area contributed by atoms with E-state index in [4.69, 9.17) is 35.3 Å². The van der Waals surface area contributed by atoms with Gasteiger partial charge in [-0.15, -0.1) is 15.2 Å². The SMILES string of the molecule is CCOc1nc2cccc(C(=O)OC(C)OC=O)c2n1Cc1ccc(-c2ccccc2/C(N)=N/N(N)COC(=O)OCCCCO[N+](=O)[O-])cc1. The van der Waals surface area contributed by atoms with Crippen molar-refractivity contribution in [1.82, 2.24) is 14.7 Å². The molecule has 4 N–H and O–H groups in total. The molecule has 18 heteroatoms. The summed E-state index contributed by atoms with van der Waals surface area (Å²) >= 11 is 0. The average Bonchev–Trinajstić information content (AvgIpc) is 3.45. The third-order valence-corrected chi connectivity index (χ3v) is 7.06. The zero-order chi connectivity index (χ0) is 36.8. The molecule has 51 heavy (non-hydrogen) atoms. The standard InChI is InChI=1S/C33H37N7O11/c1-3-46-32-36-28-12-8-11-27(31(42)51-22(2)49-21-41)29(28)38(32)19-23-13-15-24(16-14-23)25-9-4-5-10-26(25)30(34)37-39(35)20-48-33(43)47-17-6-7-18-50-40(44)45/h4-5,8-16,21-22H,3,6-7,17-20,35H2,1-2H3,(H2,34,37). The summed E-state index contributed by atoms with van der Waals surface area (Å²) in [6.07, 6.45) is -1.43. The van der Waals surface area contributed by atoms with Gasteiger partial charge in [0.25, 0.3) is 17.6 Å². The first-order valence-corrected chi connectivity index (χ1v) is 15.6. The van der Waals surface area contributed by atoms with E-state index < -0.39 is 30.2 Å². The summed E-state index contributed by atoms with van der Waals surface area (Å²) < 4.78 is 27.4. The highest BCUT2D eigenvalue weighted by molar-refractivity contribution is 6.03. The van der Waals surface area contributed by atoms with Crippen LogP contribution >= 0.6 is 0 Å². The fraction of sp³-hybridized carbons (Fsp3) is 0.303. The van der Waals surface area contributed by atoms with E-state index in [0.717, 1.165) is 21.8 Å². The number of rotatable bonds is 19. The Balaban J connectivity index is 1.46. The number of benzene rings is 3. The van der Waals surface area contributed by atoms with Crippen molar-refractivity contribution in [2.45, 2.75) is 39.5 Å². The van der Waals surface area contributed by atoms with E-state index in [9.17, 15) is 24.5 Å². The number of esters is 1. The molecule has 1 aromatic heterocycles. The van der Waals surface area contributed by atoms with Crippen LogP contribution in [-0.4, -0.2) is 77.0 Å². The molecule has 4 rings (SSSR count). The fourth-order valence-electron chi connectivity index (χ4n) is 4.85. The second-order valence-corrected chi connectivity index (χ2v) is 10.6. The summed E-state index contributed by atoms with van der Waals surface area (Å²) in [6, 6.07) is 20.2. The van der Waals surface area contributed by atoms with E-state index in [0.29, 0.717) is 48.6 Å². The Hall–Kier alpha value is -6.43. The first-order chi connectivity index (χ1) is 24.6. The Morgan fingerprint density at radius 1 is 1.04 bits per heavy atom. The van der Waals surface area contributed by atoms with E-state index in [1.165, 1.54) is 6.92 Å². The largest absolute Gasteiger partial charge is 0.510 e. The maximum atomic E-state index is 13.0. The topological polar surface area (TPSA) is 235 Å². The second kappa shape index (κ2) is 18.4. The van der Waals surface area contributed by atoms with E-state index in [2.05, 4.69) is 14.9 Å². The molecule has 18 nitrogen and oxygen atoms in total. The van der Waals surface area contributed by atoms with Crippen molar-refractivity contribution in [3.8, 4) is 17.1 Å². The minimum absolute atomic E-state index is 0.0249. The molecular weight excluding hydrogens is 670 g/mol. The first kappa shape index (κ1) is 37.4. The van der Waals surface area contributed by atoms with Crippen LogP contribution in [0.1, 0.15) is 48.2 Å². The number of ether oxygens (including phenoxy) is 5. The molecule has 1 unspecified atom stereocenters. The Morgan fingerprint density at radius 3 is 2.49 bits per heavy atom. The second-order valence-electron chi connectivity index (χ2n) is 10.6. The smallest absolute Gasteiger partial charge is 0.465 e. The Labute approximate surface area is 291 Å². The first-order valence-electron chi connectivity index (χ1n) is 15.6. The van der Waals surface area contributed by atoms with Gasteiger partial charge in [-0.1, -0.05) is 54.6 Å². The molecule has 0 spiro atoms. The third kappa shape index (κ3) is 10.5. The van der Waals surface area contributed by atoms with Gasteiger partial charge in [0.1, 0.15) is 0 Å². The summed E-state index contributed by atoms with van der Waals surface area (Å²) in [6.45, 7) is 3.51. The van der Waals surface area contributed by atoms with E-state index in [1.807, 2.05) is 43.3 Å². The van der Waals surface area contributed by atoms with Crippen molar-refractivity contribution in [1.29, 1.82) is 0 Å². The molecule has 1 heterocycles. The lowest BCUT2D eigenvalue weighted by Crippen LogP contribution is -2.33. The maximum absolute atomic E-state index is 13.0. The van der Waals surface area contributed by atoms with Gasteiger partial charge in [-0.25, -0.2) is 15.4 Å². The number of para-hydroxylation sites is 1. The monoisotopic (exact) mass is 707 g/mol. The zero-order valence-electron chi connectivity index (χ0n) is 27.8. The van der Waals surface area contributed by atoms with Crippen LogP contribution in [0.25, 0.3) is 22.2 Å². The number of nitrogens with zero attached hydrogens (tertiary/aromatic N) is 5. The van der Waals surface area contributed by atoms with Crippen LogP contribution in [0.15, 0.2) is 71.8 Å². The van der Waals surface area contributed by atoms with Gasteiger partial charge in [-0.2, -0.15) is 10.1 Å². The van der Waals surface area contributed by atoms with Gasteiger partial charge in [0.2, 0.25) is 6.29 Å². The lowest BCUT2D eigenvalue weighted by molar-refractivity contribution is -0.757. The summed E-state index contributed by atoms with van der Waals surface area (Å²) in [4.78, 5) is 54.5. The number of fused-ring (bicyclic) bond motifs is 1. The molecule has 3 aromatic carbocycles. The molecule has 1 atom stereocenters. The zero-order valence-corrected chi connectivity index (χ0v) is 27.8. The van der Waals surface area contributed by atoms with Crippen LogP contribution in [0.5, 0.6) is 6.01 Å². The van der Waals surface area contributed by atoms with Crippen molar-refractivity contribution < 1.29 is 48.0 Å². The van der Waals surface area contributed by atoms with Gasteiger partial charge >= 0.3 is 12.1 Å². The van der Waals surface area contributed by atoms with E-state index in [-0.39, 0.29) is 31.1 Å². The predicted molar refractivity (Wildman–Crippen MR) is 180 cm³/mol. The molecule has 0 saturated carbocycles. The molecule has 0 saturated heterocycles. The van der Waals surface area contributed by atoms with Crippen molar-refractivity contribution in [3.63, 3.8) is 0 Å². The van der Waals surface area contributed by atoms with Gasteiger partial charge in [0, 0.05) is 12.5 Å². The summed E-state index contributed by atoms with van der Waals surface area (Å²) in [7, 11) is 0. The minimum atomic E-state index is -1.08. The molecule has 0 aliphatic carbocycles.